The van der Waals surface area contributed by atoms with Crippen molar-refractivity contribution in [3.63, 3.8) is 0 Å². The number of aromatic nitrogens is 2. The smallest absolute Gasteiger partial charge is 0.150 e. The molecule has 0 unspecified atom stereocenters. The molecule has 2 aromatic rings. The van der Waals surface area contributed by atoms with E-state index in [1.54, 1.807) is 12.3 Å². The van der Waals surface area contributed by atoms with Gasteiger partial charge in [-0.3, -0.25) is 4.79 Å². The minimum atomic E-state index is -0.391. The first-order valence-corrected chi connectivity index (χ1v) is 5.98. The number of halogens is 1. The van der Waals surface area contributed by atoms with Gasteiger partial charge in [-0.05, 0) is 24.1 Å². The number of carbonyl (C=O) groups excluding carboxylic acids is 1. The van der Waals surface area contributed by atoms with E-state index in [0.29, 0.717) is 18.3 Å². The summed E-state index contributed by atoms with van der Waals surface area (Å²) in [6, 6.07) is 4.27. The van der Waals surface area contributed by atoms with Crippen LogP contribution in [0.4, 0.5) is 4.39 Å². The van der Waals surface area contributed by atoms with Crippen LogP contribution >= 0.6 is 0 Å². The van der Waals surface area contributed by atoms with Crippen molar-refractivity contribution >= 4 is 6.29 Å². The van der Waals surface area contributed by atoms with Crippen LogP contribution < -0.4 is 0 Å². The lowest BCUT2D eigenvalue weighted by molar-refractivity contribution is 0.112. The minimum Gasteiger partial charge on any atom is -0.335 e. The fraction of sp³-hybridized carbons (Fsp3) is 0.286. The highest BCUT2D eigenvalue weighted by molar-refractivity contribution is 5.77. The molecule has 18 heavy (non-hydrogen) atoms. The van der Waals surface area contributed by atoms with Crippen molar-refractivity contribution < 1.29 is 9.18 Å². The van der Waals surface area contributed by atoms with Crippen LogP contribution in [0.2, 0.25) is 0 Å². The number of nitrogens with zero attached hydrogens (tertiary/aromatic N) is 2. The minimum absolute atomic E-state index is 0.390. The van der Waals surface area contributed by atoms with Crippen molar-refractivity contribution in [1.29, 1.82) is 0 Å². The van der Waals surface area contributed by atoms with Crippen molar-refractivity contribution in [3.05, 3.63) is 53.4 Å². The predicted molar refractivity (Wildman–Crippen MR) is 67.1 cm³/mol. The lowest BCUT2D eigenvalue weighted by Gasteiger charge is -2.08. The fourth-order valence-corrected chi connectivity index (χ4v) is 1.96. The second kappa shape index (κ2) is 5.58. The molecule has 0 fully saturated rings. The average molecular weight is 246 g/mol. The molecule has 0 atom stereocenters. The van der Waals surface area contributed by atoms with Gasteiger partial charge in [-0.2, -0.15) is 0 Å². The first kappa shape index (κ1) is 12.5. The first-order valence-electron chi connectivity index (χ1n) is 5.98. The standard InChI is InChI=1S/C14H15FN2O/c1-2-6-17-7-5-16-14(17)9-11-3-4-13(15)8-12(11)10-18/h3-5,7-8,10H,2,6,9H2,1H3. The molecular formula is C14H15FN2O. The molecule has 3 nitrogen and oxygen atoms in total. The summed E-state index contributed by atoms with van der Waals surface area (Å²) in [5.41, 5.74) is 1.19. The largest absolute Gasteiger partial charge is 0.335 e. The Bertz CT molecular complexity index is 548. The Hall–Kier alpha value is -1.97. The van der Waals surface area contributed by atoms with E-state index >= 15 is 0 Å². The quantitative estimate of drug-likeness (QED) is 0.760. The van der Waals surface area contributed by atoms with Crippen molar-refractivity contribution in [2.24, 2.45) is 0 Å². The molecule has 0 amide bonds. The summed E-state index contributed by atoms with van der Waals surface area (Å²) in [4.78, 5) is 15.2. The highest BCUT2D eigenvalue weighted by Gasteiger charge is 2.08. The SMILES string of the molecule is CCCn1ccnc1Cc1ccc(F)cc1C=O. The highest BCUT2D eigenvalue weighted by Crippen LogP contribution is 2.14. The van der Waals surface area contributed by atoms with Crippen molar-refractivity contribution in [3.8, 4) is 0 Å². The van der Waals surface area contributed by atoms with Crippen LogP contribution in [0.1, 0.15) is 35.1 Å². The Morgan fingerprint density at radius 2 is 2.28 bits per heavy atom. The summed E-state index contributed by atoms with van der Waals surface area (Å²) in [5, 5.41) is 0. The summed E-state index contributed by atoms with van der Waals surface area (Å²) in [5.74, 6) is 0.504. The number of imidazole rings is 1. The molecule has 1 aromatic carbocycles. The van der Waals surface area contributed by atoms with Crippen LogP contribution in [-0.2, 0) is 13.0 Å². The van der Waals surface area contributed by atoms with Gasteiger partial charge < -0.3 is 4.57 Å². The highest BCUT2D eigenvalue weighted by atomic mass is 19.1. The van der Waals surface area contributed by atoms with Gasteiger partial charge in [-0.1, -0.05) is 13.0 Å². The van der Waals surface area contributed by atoms with Crippen LogP contribution in [0.15, 0.2) is 30.6 Å². The number of rotatable bonds is 5. The van der Waals surface area contributed by atoms with Crippen LogP contribution in [0.3, 0.4) is 0 Å². The van der Waals surface area contributed by atoms with Crippen LogP contribution in [0.5, 0.6) is 0 Å². The van der Waals surface area contributed by atoms with Gasteiger partial charge in [-0.25, -0.2) is 9.37 Å². The molecular weight excluding hydrogens is 231 g/mol. The van der Waals surface area contributed by atoms with Gasteiger partial charge in [0.1, 0.15) is 17.9 Å². The maximum Gasteiger partial charge on any atom is 0.150 e. The normalized spacial score (nSPS) is 10.6. The number of hydrogen-bond donors (Lipinski definition) is 0. The van der Waals surface area contributed by atoms with Gasteiger partial charge in [0.25, 0.3) is 0 Å². The second-order valence-corrected chi connectivity index (χ2v) is 4.17. The maximum atomic E-state index is 13.0. The Balaban J connectivity index is 2.28. The first-order chi connectivity index (χ1) is 8.74. The molecule has 0 N–H and O–H groups in total. The molecule has 0 radical (unpaired) electrons. The number of carbonyl (C=O) groups is 1. The van der Waals surface area contributed by atoms with E-state index in [9.17, 15) is 9.18 Å². The molecule has 1 aromatic heterocycles. The molecule has 0 aliphatic heterocycles. The third kappa shape index (κ3) is 2.64. The molecule has 0 spiro atoms. The summed E-state index contributed by atoms with van der Waals surface area (Å²) in [6.45, 7) is 2.99. The monoisotopic (exact) mass is 246 g/mol. The van der Waals surface area contributed by atoms with Gasteiger partial charge in [-0.15, -0.1) is 0 Å². The zero-order chi connectivity index (χ0) is 13.0. The molecule has 0 aliphatic rings. The van der Waals surface area contributed by atoms with E-state index in [1.807, 2.05) is 6.20 Å². The number of hydrogen-bond acceptors (Lipinski definition) is 2. The maximum absolute atomic E-state index is 13.0. The van der Waals surface area contributed by atoms with Crippen LogP contribution in [0, 0.1) is 5.82 Å². The third-order valence-corrected chi connectivity index (χ3v) is 2.85. The topological polar surface area (TPSA) is 34.9 Å². The molecule has 2 rings (SSSR count). The molecule has 1 heterocycles. The molecule has 94 valence electrons. The number of aryl methyl sites for hydroxylation is 1. The van der Waals surface area contributed by atoms with Gasteiger partial charge >= 0.3 is 0 Å². The summed E-state index contributed by atoms with van der Waals surface area (Å²) in [6.07, 6.45) is 5.91. The van der Waals surface area contributed by atoms with Crippen molar-refractivity contribution in [1.82, 2.24) is 9.55 Å². The fourth-order valence-electron chi connectivity index (χ4n) is 1.96. The van der Waals surface area contributed by atoms with E-state index < -0.39 is 5.82 Å². The number of aldehydes is 1. The van der Waals surface area contributed by atoms with Gasteiger partial charge in [0.15, 0.2) is 0 Å². The molecule has 0 aliphatic carbocycles. The summed E-state index contributed by atoms with van der Waals surface area (Å²) < 4.78 is 15.1. The Kier molecular flexibility index (Phi) is 3.87. The van der Waals surface area contributed by atoms with Gasteiger partial charge in [0, 0.05) is 30.9 Å². The van der Waals surface area contributed by atoms with E-state index in [0.717, 1.165) is 24.4 Å². The Morgan fingerprint density at radius 1 is 1.44 bits per heavy atom. The molecule has 4 heteroatoms. The van der Waals surface area contributed by atoms with Crippen molar-refractivity contribution in [2.75, 3.05) is 0 Å². The summed E-state index contributed by atoms with van der Waals surface area (Å²) in [7, 11) is 0. The van der Waals surface area contributed by atoms with E-state index in [4.69, 9.17) is 0 Å². The molecule has 0 saturated carbocycles. The van der Waals surface area contributed by atoms with E-state index in [2.05, 4.69) is 16.5 Å². The Morgan fingerprint density at radius 3 is 3.00 bits per heavy atom. The van der Waals surface area contributed by atoms with Crippen molar-refractivity contribution in [2.45, 2.75) is 26.3 Å². The third-order valence-electron chi connectivity index (χ3n) is 2.85. The Labute approximate surface area is 105 Å². The van der Waals surface area contributed by atoms with E-state index in [-0.39, 0.29) is 0 Å². The van der Waals surface area contributed by atoms with Crippen LogP contribution in [0.25, 0.3) is 0 Å². The lowest BCUT2D eigenvalue weighted by atomic mass is 10.0. The molecule has 0 saturated heterocycles. The van der Waals surface area contributed by atoms with E-state index in [1.165, 1.54) is 12.1 Å². The lowest BCUT2D eigenvalue weighted by Crippen LogP contribution is -2.05. The number of benzene rings is 1. The summed E-state index contributed by atoms with van der Waals surface area (Å²) >= 11 is 0. The van der Waals surface area contributed by atoms with Crippen LogP contribution in [-0.4, -0.2) is 15.8 Å². The van der Waals surface area contributed by atoms with Gasteiger partial charge in [0.05, 0.1) is 0 Å². The zero-order valence-corrected chi connectivity index (χ0v) is 10.3. The predicted octanol–water partition coefficient (Wildman–Crippen LogP) is 2.84. The zero-order valence-electron chi connectivity index (χ0n) is 10.3. The second-order valence-electron chi connectivity index (χ2n) is 4.17. The molecule has 0 bridgehead atoms. The average Bonchev–Trinajstić information content (AvgIpc) is 2.79. The van der Waals surface area contributed by atoms with Gasteiger partial charge in [0.2, 0.25) is 0 Å².